The zero-order valence-electron chi connectivity index (χ0n) is 6.23. The number of hydrogen-bond donors (Lipinski definition) is 2. The second-order valence-electron chi connectivity index (χ2n) is 2.10. The first kappa shape index (κ1) is 11.0. The molecule has 1 atom stereocenters. The molecular weight excluding hydrogens is 183 g/mol. The summed E-state index contributed by atoms with van der Waals surface area (Å²) < 4.78 is 13.8. The van der Waals surface area contributed by atoms with E-state index in [0.29, 0.717) is 0 Å². The van der Waals surface area contributed by atoms with Crippen LogP contribution in [0, 0.1) is 0 Å². The average Bonchev–Trinajstić information content (AvgIpc) is 2.00. The van der Waals surface area contributed by atoms with Crippen LogP contribution in [0.25, 0.3) is 0 Å². The third kappa shape index (κ3) is 4.76. The van der Waals surface area contributed by atoms with Gasteiger partial charge < -0.3 is 16.0 Å². The molecule has 0 saturated carbocycles. The molecule has 0 aliphatic carbocycles. The summed E-state index contributed by atoms with van der Waals surface area (Å²) >= 11 is 0. The van der Waals surface area contributed by atoms with E-state index in [2.05, 4.69) is 4.52 Å². The van der Waals surface area contributed by atoms with Crippen molar-refractivity contribution in [2.24, 2.45) is 11.5 Å². The van der Waals surface area contributed by atoms with Crippen molar-refractivity contribution in [1.29, 1.82) is 0 Å². The molecule has 1 amide bonds. The number of amides is 1. The van der Waals surface area contributed by atoms with Crippen LogP contribution in [0.1, 0.15) is 12.8 Å². The van der Waals surface area contributed by atoms with E-state index in [-0.39, 0.29) is 12.8 Å². The van der Waals surface area contributed by atoms with Crippen molar-refractivity contribution in [3.05, 3.63) is 0 Å². The van der Waals surface area contributed by atoms with Crippen LogP contribution in [0.3, 0.4) is 0 Å². The van der Waals surface area contributed by atoms with Crippen LogP contribution >= 0.6 is 8.69 Å². The first-order valence-electron chi connectivity index (χ1n) is 3.15. The number of hydrogen-bond acceptors (Lipinski definition) is 5. The second kappa shape index (κ2) is 5.62. The molecule has 0 unspecified atom stereocenters. The van der Waals surface area contributed by atoms with Crippen LogP contribution in [-0.4, -0.2) is 17.9 Å². The molecule has 0 aliphatic heterocycles. The van der Waals surface area contributed by atoms with Gasteiger partial charge in [0.15, 0.2) is 0 Å². The number of primary amides is 1. The van der Waals surface area contributed by atoms with Gasteiger partial charge in [0, 0.05) is 6.42 Å². The highest BCUT2D eigenvalue weighted by Gasteiger charge is 2.15. The Morgan fingerprint density at radius 1 is 1.50 bits per heavy atom. The summed E-state index contributed by atoms with van der Waals surface area (Å²) in [6.45, 7) is 0. The fourth-order valence-corrected chi connectivity index (χ4v) is 0.729. The fraction of sp³-hybridized carbons (Fsp3) is 0.600. The van der Waals surface area contributed by atoms with Crippen molar-refractivity contribution in [3.63, 3.8) is 0 Å². The van der Waals surface area contributed by atoms with Gasteiger partial charge in [-0.3, -0.25) is 4.79 Å². The summed E-state index contributed by atoms with van der Waals surface area (Å²) in [6, 6.07) is -0.945. The Labute approximate surface area is 70.5 Å². The zero-order chi connectivity index (χ0) is 9.56. The van der Waals surface area contributed by atoms with E-state index in [1.807, 2.05) is 0 Å². The highest BCUT2D eigenvalue weighted by atomic mass is 31.1. The summed E-state index contributed by atoms with van der Waals surface area (Å²) in [6.07, 6.45) is 0.107. The molecule has 0 rings (SSSR count). The Morgan fingerprint density at radius 2 is 2.08 bits per heavy atom. The predicted molar refractivity (Wildman–Crippen MR) is 40.1 cm³/mol. The topological polar surface area (TPSA) is 112 Å². The number of carbonyl (C=O) groups excluding carboxylic acids is 2. The molecule has 0 radical (unpaired) electrons. The maximum absolute atomic E-state index is 10.6. The summed E-state index contributed by atoms with van der Waals surface area (Å²) in [5.74, 6) is -1.36. The minimum absolute atomic E-state index is 0.00596. The smallest absolute Gasteiger partial charge is 0.372 e. The van der Waals surface area contributed by atoms with E-state index in [1.54, 1.807) is 0 Å². The van der Waals surface area contributed by atoms with Crippen LogP contribution in [0.15, 0.2) is 0 Å². The van der Waals surface area contributed by atoms with E-state index in [1.165, 1.54) is 0 Å². The normalized spacial score (nSPS) is 12.4. The van der Waals surface area contributed by atoms with Crippen LogP contribution in [0.4, 0.5) is 0 Å². The van der Waals surface area contributed by atoms with Crippen molar-refractivity contribution in [2.45, 2.75) is 18.9 Å². The number of nitrogens with two attached hydrogens (primary N) is 2. The molecule has 0 spiro atoms. The van der Waals surface area contributed by atoms with Crippen molar-refractivity contribution >= 4 is 20.6 Å². The van der Waals surface area contributed by atoms with Crippen molar-refractivity contribution in [3.8, 4) is 0 Å². The lowest BCUT2D eigenvalue weighted by Gasteiger charge is -2.04. The minimum atomic E-state index is -0.945. The third-order valence-corrected chi connectivity index (χ3v) is 1.39. The number of rotatable bonds is 5. The molecular formula is C5H9N2O4P. The van der Waals surface area contributed by atoms with Crippen molar-refractivity contribution < 1.29 is 18.7 Å². The van der Waals surface area contributed by atoms with Crippen LogP contribution in [0.2, 0.25) is 0 Å². The van der Waals surface area contributed by atoms with Gasteiger partial charge in [0.1, 0.15) is 6.04 Å². The van der Waals surface area contributed by atoms with Gasteiger partial charge in [-0.25, -0.2) is 9.36 Å². The lowest BCUT2D eigenvalue weighted by molar-refractivity contribution is -0.135. The lowest BCUT2D eigenvalue weighted by Crippen LogP contribution is -2.31. The largest absolute Gasteiger partial charge is 0.398 e. The minimum Gasteiger partial charge on any atom is -0.372 e. The Morgan fingerprint density at radius 3 is 2.50 bits per heavy atom. The summed E-state index contributed by atoms with van der Waals surface area (Å²) in [4.78, 5) is 20.9. The fourth-order valence-electron chi connectivity index (χ4n) is 0.520. The van der Waals surface area contributed by atoms with Gasteiger partial charge in [0.2, 0.25) is 5.91 Å². The zero-order valence-corrected chi connectivity index (χ0v) is 7.12. The van der Waals surface area contributed by atoms with Crippen LogP contribution < -0.4 is 11.5 Å². The Balaban J connectivity index is 3.70. The maximum atomic E-state index is 10.6. The highest BCUT2D eigenvalue weighted by Crippen LogP contribution is 2.02. The molecule has 0 saturated heterocycles. The maximum Gasteiger partial charge on any atom is 0.398 e. The molecule has 0 aromatic carbocycles. The molecule has 0 fully saturated rings. The molecule has 0 aromatic heterocycles. The van der Waals surface area contributed by atoms with E-state index in [0.717, 1.165) is 0 Å². The van der Waals surface area contributed by atoms with Gasteiger partial charge in [0.05, 0.1) is 0 Å². The molecule has 0 aromatic rings. The molecule has 6 nitrogen and oxygen atoms in total. The molecule has 4 N–H and O–H groups in total. The van der Waals surface area contributed by atoms with Crippen molar-refractivity contribution in [2.75, 3.05) is 0 Å². The molecule has 12 heavy (non-hydrogen) atoms. The standard InChI is InChI=1S/C5H9N2O4P/c6-3(1-2-4(7)8)5(9)11-12-10/h3H,1-2,6H2,(H2,7,8)/t3-/m0/s1. The van der Waals surface area contributed by atoms with Gasteiger partial charge in [-0.15, -0.1) is 0 Å². The van der Waals surface area contributed by atoms with E-state index >= 15 is 0 Å². The molecule has 68 valence electrons. The van der Waals surface area contributed by atoms with Gasteiger partial charge >= 0.3 is 14.7 Å². The first-order valence-corrected chi connectivity index (χ1v) is 3.88. The van der Waals surface area contributed by atoms with E-state index in [9.17, 15) is 14.2 Å². The Kier molecular flexibility index (Phi) is 5.16. The lowest BCUT2D eigenvalue weighted by atomic mass is 10.2. The molecule has 0 bridgehead atoms. The molecule has 0 aliphatic rings. The average molecular weight is 192 g/mol. The van der Waals surface area contributed by atoms with E-state index in [4.69, 9.17) is 11.5 Å². The quantitative estimate of drug-likeness (QED) is 0.561. The molecule has 7 heteroatoms. The third-order valence-electron chi connectivity index (χ3n) is 1.13. The van der Waals surface area contributed by atoms with Gasteiger partial charge in [-0.05, 0) is 6.42 Å². The molecule has 0 heterocycles. The van der Waals surface area contributed by atoms with E-state index < -0.39 is 26.6 Å². The first-order chi connectivity index (χ1) is 5.57. The summed E-state index contributed by atoms with van der Waals surface area (Å²) in [7, 11) is -0.745. The van der Waals surface area contributed by atoms with Gasteiger partial charge in [0.25, 0.3) is 0 Å². The van der Waals surface area contributed by atoms with Gasteiger partial charge in [-0.2, -0.15) is 0 Å². The van der Waals surface area contributed by atoms with Crippen LogP contribution in [-0.2, 0) is 18.7 Å². The van der Waals surface area contributed by atoms with Gasteiger partial charge in [-0.1, -0.05) is 0 Å². The summed E-state index contributed by atoms with van der Waals surface area (Å²) in [5, 5.41) is 0. The Bertz CT molecular complexity index is 196. The summed E-state index contributed by atoms with van der Waals surface area (Å²) in [5.41, 5.74) is 10.0. The monoisotopic (exact) mass is 192 g/mol. The number of carbonyl (C=O) groups is 2. The van der Waals surface area contributed by atoms with Crippen molar-refractivity contribution in [1.82, 2.24) is 0 Å². The predicted octanol–water partition coefficient (Wildman–Crippen LogP) is -0.671. The SMILES string of the molecule is NC(=O)CC[C@H](N)C(=O)OP=O. The highest BCUT2D eigenvalue weighted by molar-refractivity contribution is 7.18. The van der Waals surface area contributed by atoms with Crippen LogP contribution in [0.5, 0.6) is 0 Å². The Hall–Kier alpha value is -1.00. The second-order valence-corrected chi connectivity index (χ2v) is 2.43.